The van der Waals surface area contributed by atoms with Crippen molar-refractivity contribution in [2.75, 3.05) is 23.7 Å². The first-order valence-electron chi connectivity index (χ1n) is 11.2. The highest BCUT2D eigenvalue weighted by Crippen LogP contribution is 2.42. The first-order chi connectivity index (χ1) is 16.5. The Bertz CT molecular complexity index is 1260. The molecule has 5 rings (SSSR count). The van der Waals surface area contributed by atoms with Crippen molar-refractivity contribution in [1.29, 1.82) is 0 Å². The van der Waals surface area contributed by atoms with Gasteiger partial charge in [-0.25, -0.2) is 4.39 Å². The summed E-state index contributed by atoms with van der Waals surface area (Å²) in [5, 5.41) is 5.74. The van der Waals surface area contributed by atoms with E-state index in [1.165, 1.54) is 18.2 Å². The predicted molar refractivity (Wildman–Crippen MR) is 125 cm³/mol. The molecule has 2 aliphatic rings. The number of carbonyl (C=O) groups is 3. The van der Waals surface area contributed by atoms with E-state index in [2.05, 4.69) is 15.6 Å². The van der Waals surface area contributed by atoms with Gasteiger partial charge in [0, 0.05) is 36.1 Å². The van der Waals surface area contributed by atoms with Gasteiger partial charge in [0.2, 0.25) is 5.91 Å². The maximum absolute atomic E-state index is 13.5. The zero-order valence-corrected chi connectivity index (χ0v) is 18.3. The normalized spacial score (nSPS) is 17.7. The standard InChI is InChI=1S/C26H23FN4O3/c27-19-4-1-3-18(13-19)26(34)31-11-8-16(9-12-31)23-21-14-17(6-7-22(21)30-25(23)33)24(32)29-20-5-2-10-28-15-20/h1-7,10,13-16,23H,8-9,11-12H2,(H,29,32)(H,30,33)/t23-/m0/s1. The van der Waals surface area contributed by atoms with Crippen molar-refractivity contribution in [3.8, 4) is 0 Å². The molecule has 0 bridgehead atoms. The lowest BCUT2D eigenvalue weighted by Gasteiger charge is -2.34. The second-order valence-electron chi connectivity index (χ2n) is 8.60. The Hall–Kier alpha value is -4.07. The summed E-state index contributed by atoms with van der Waals surface area (Å²) >= 11 is 0. The summed E-state index contributed by atoms with van der Waals surface area (Å²) in [6, 6.07) is 14.4. The molecule has 3 aromatic rings. The number of carbonyl (C=O) groups excluding carboxylic acids is 3. The number of piperidine rings is 1. The molecule has 1 saturated heterocycles. The number of rotatable bonds is 4. The molecule has 1 fully saturated rings. The number of nitrogens with zero attached hydrogens (tertiary/aromatic N) is 2. The fourth-order valence-electron chi connectivity index (χ4n) is 4.77. The van der Waals surface area contributed by atoms with Crippen molar-refractivity contribution >= 4 is 29.1 Å². The third-order valence-corrected chi connectivity index (χ3v) is 6.48. The van der Waals surface area contributed by atoms with E-state index in [-0.39, 0.29) is 29.6 Å². The quantitative estimate of drug-likeness (QED) is 0.617. The van der Waals surface area contributed by atoms with E-state index in [0.29, 0.717) is 48.4 Å². The van der Waals surface area contributed by atoms with Gasteiger partial charge in [0.25, 0.3) is 11.8 Å². The number of aromatic nitrogens is 1. The predicted octanol–water partition coefficient (Wildman–Crippen LogP) is 4.06. The van der Waals surface area contributed by atoms with Crippen molar-refractivity contribution in [2.45, 2.75) is 18.8 Å². The minimum absolute atomic E-state index is 0.0365. The van der Waals surface area contributed by atoms with E-state index in [1.807, 2.05) is 0 Å². The molecule has 8 heteroatoms. The van der Waals surface area contributed by atoms with Crippen LogP contribution in [0.2, 0.25) is 0 Å². The van der Waals surface area contributed by atoms with Gasteiger partial charge in [-0.1, -0.05) is 6.07 Å². The van der Waals surface area contributed by atoms with Gasteiger partial charge in [0.05, 0.1) is 17.8 Å². The maximum Gasteiger partial charge on any atom is 0.255 e. The molecule has 0 radical (unpaired) electrons. The smallest absolute Gasteiger partial charge is 0.255 e. The summed E-state index contributed by atoms with van der Waals surface area (Å²) in [7, 11) is 0. The summed E-state index contributed by atoms with van der Waals surface area (Å²) < 4.78 is 13.5. The monoisotopic (exact) mass is 458 g/mol. The lowest BCUT2D eigenvalue weighted by atomic mass is 9.80. The van der Waals surface area contributed by atoms with Crippen LogP contribution in [-0.4, -0.2) is 40.7 Å². The van der Waals surface area contributed by atoms with Crippen LogP contribution in [0.15, 0.2) is 67.0 Å². The van der Waals surface area contributed by atoms with E-state index in [1.54, 1.807) is 53.7 Å². The first kappa shape index (κ1) is 21.8. The van der Waals surface area contributed by atoms with Crippen molar-refractivity contribution < 1.29 is 18.8 Å². The average molecular weight is 458 g/mol. The highest BCUT2D eigenvalue weighted by Gasteiger charge is 2.39. The van der Waals surface area contributed by atoms with Crippen LogP contribution in [-0.2, 0) is 4.79 Å². The molecule has 172 valence electrons. The minimum atomic E-state index is -0.441. The summed E-state index contributed by atoms with van der Waals surface area (Å²) in [6.45, 7) is 0.973. The van der Waals surface area contributed by atoms with Crippen LogP contribution in [0.3, 0.4) is 0 Å². The Morgan fingerprint density at radius 2 is 1.85 bits per heavy atom. The SMILES string of the molecule is O=C(Nc1cccnc1)c1ccc2c(c1)[C@H](C1CCN(C(=O)c3cccc(F)c3)CC1)C(=O)N2. The van der Waals surface area contributed by atoms with Crippen LogP contribution >= 0.6 is 0 Å². The van der Waals surface area contributed by atoms with E-state index < -0.39 is 5.82 Å². The van der Waals surface area contributed by atoms with Crippen LogP contribution in [0.4, 0.5) is 15.8 Å². The van der Waals surface area contributed by atoms with E-state index in [0.717, 1.165) is 5.56 Å². The summed E-state index contributed by atoms with van der Waals surface area (Å²) in [6.07, 6.45) is 4.48. The Balaban J connectivity index is 1.29. The van der Waals surface area contributed by atoms with Gasteiger partial charge in [-0.3, -0.25) is 19.4 Å². The molecule has 34 heavy (non-hydrogen) atoms. The van der Waals surface area contributed by atoms with Crippen molar-refractivity contribution in [1.82, 2.24) is 9.88 Å². The Morgan fingerprint density at radius 1 is 1.03 bits per heavy atom. The number of hydrogen-bond acceptors (Lipinski definition) is 4. The lowest BCUT2D eigenvalue weighted by molar-refractivity contribution is -0.118. The molecule has 1 atom stereocenters. The molecule has 0 aliphatic carbocycles. The zero-order valence-electron chi connectivity index (χ0n) is 18.3. The molecule has 2 aromatic carbocycles. The van der Waals surface area contributed by atoms with Gasteiger partial charge >= 0.3 is 0 Å². The number of hydrogen-bond donors (Lipinski definition) is 2. The average Bonchev–Trinajstić information content (AvgIpc) is 3.19. The van der Waals surface area contributed by atoms with Crippen molar-refractivity contribution in [3.05, 3.63) is 89.5 Å². The molecule has 2 aliphatic heterocycles. The third kappa shape index (κ3) is 4.26. The van der Waals surface area contributed by atoms with Gasteiger partial charge in [0.15, 0.2) is 0 Å². The fraction of sp³-hybridized carbons (Fsp3) is 0.231. The molecule has 1 aromatic heterocycles. The number of amides is 3. The molecule has 0 spiro atoms. The summed E-state index contributed by atoms with van der Waals surface area (Å²) in [5.41, 5.74) is 2.90. The molecular weight excluding hydrogens is 435 g/mol. The van der Waals surface area contributed by atoms with E-state index >= 15 is 0 Å². The first-order valence-corrected chi connectivity index (χ1v) is 11.2. The van der Waals surface area contributed by atoms with Crippen LogP contribution < -0.4 is 10.6 Å². The topological polar surface area (TPSA) is 91.4 Å². The highest BCUT2D eigenvalue weighted by atomic mass is 19.1. The maximum atomic E-state index is 13.5. The van der Waals surface area contributed by atoms with Gasteiger partial charge < -0.3 is 15.5 Å². The lowest BCUT2D eigenvalue weighted by Crippen LogP contribution is -2.40. The Labute approximate surface area is 196 Å². The van der Waals surface area contributed by atoms with Gasteiger partial charge in [0.1, 0.15) is 5.82 Å². The molecule has 3 heterocycles. The van der Waals surface area contributed by atoms with Gasteiger partial charge in [-0.15, -0.1) is 0 Å². The van der Waals surface area contributed by atoms with Crippen LogP contribution in [0.5, 0.6) is 0 Å². The number of pyridine rings is 1. The van der Waals surface area contributed by atoms with Crippen LogP contribution in [0, 0.1) is 11.7 Å². The van der Waals surface area contributed by atoms with E-state index in [9.17, 15) is 18.8 Å². The number of halogens is 1. The minimum Gasteiger partial charge on any atom is -0.339 e. The van der Waals surface area contributed by atoms with Crippen molar-refractivity contribution in [3.63, 3.8) is 0 Å². The third-order valence-electron chi connectivity index (χ3n) is 6.48. The van der Waals surface area contributed by atoms with E-state index in [4.69, 9.17) is 0 Å². The Kier molecular flexibility index (Phi) is 5.79. The van der Waals surface area contributed by atoms with Gasteiger partial charge in [-0.2, -0.15) is 0 Å². The number of nitrogens with one attached hydrogen (secondary N) is 2. The largest absolute Gasteiger partial charge is 0.339 e. The number of anilines is 2. The van der Waals surface area contributed by atoms with Crippen LogP contribution in [0.1, 0.15) is 45.0 Å². The number of fused-ring (bicyclic) bond motifs is 1. The number of likely N-dealkylation sites (tertiary alicyclic amines) is 1. The molecular formula is C26H23FN4O3. The molecule has 0 unspecified atom stereocenters. The van der Waals surface area contributed by atoms with Crippen LogP contribution in [0.25, 0.3) is 0 Å². The zero-order chi connectivity index (χ0) is 23.7. The summed E-state index contributed by atoms with van der Waals surface area (Å²) in [5.74, 6) is -1.35. The molecule has 0 saturated carbocycles. The summed E-state index contributed by atoms with van der Waals surface area (Å²) in [4.78, 5) is 44.0. The molecule has 2 N–H and O–H groups in total. The van der Waals surface area contributed by atoms with Gasteiger partial charge in [-0.05, 0) is 72.9 Å². The molecule has 3 amide bonds. The highest BCUT2D eigenvalue weighted by molar-refractivity contribution is 6.07. The Morgan fingerprint density at radius 3 is 2.59 bits per heavy atom. The van der Waals surface area contributed by atoms with Crippen molar-refractivity contribution in [2.24, 2.45) is 5.92 Å². The molecule has 7 nitrogen and oxygen atoms in total. The second-order valence-corrected chi connectivity index (χ2v) is 8.60. The second kappa shape index (κ2) is 9.05. The number of benzene rings is 2. The fourth-order valence-corrected chi connectivity index (χ4v) is 4.77.